The summed E-state index contributed by atoms with van der Waals surface area (Å²) in [7, 11) is 0. The highest BCUT2D eigenvalue weighted by molar-refractivity contribution is 5.99. The van der Waals surface area contributed by atoms with E-state index in [0.717, 1.165) is 10.8 Å². The van der Waals surface area contributed by atoms with Crippen LogP contribution in [0, 0.1) is 0 Å². The van der Waals surface area contributed by atoms with Crippen LogP contribution in [0.15, 0.2) is 36.4 Å². The monoisotopic (exact) mass is 200 g/mol. The minimum absolute atomic E-state index is 0.00414. The minimum Gasteiger partial charge on any atom is -0.456 e. The second kappa shape index (κ2) is 2.98. The molecular formula is C12H8O3. The van der Waals surface area contributed by atoms with Crippen LogP contribution in [0.25, 0.3) is 10.8 Å². The molecule has 0 N–H and O–H groups in total. The minimum atomic E-state index is -0.318. The maximum atomic E-state index is 11.4. The van der Waals surface area contributed by atoms with Crippen LogP contribution in [0.3, 0.4) is 0 Å². The molecular weight excluding hydrogens is 192 g/mol. The number of carbonyl (C=O) groups is 1. The fourth-order valence-electron chi connectivity index (χ4n) is 1.72. The highest BCUT2D eigenvalue weighted by atomic mass is 16.7. The lowest BCUT2D eigenvalue weighted by Crippen LogP contribution is -2.18. The van der Waals surface area contributed by atoms with E-state index in [2.05, 4.69) is 0 Å². The van der Waals surface area contributed by atoms with Crippen LogP contribution in [0.2, 0.25) is 0 Å². The number of cyclic esters (lactones) is 1. The van der Waals surface area contributed by atoms with Crippen molar-refractivity contribution in [2.45, 2.75) is 0 Å². The quantitative estimate of drug-likeness (QED) is 0.612. The number of benzene rings is 2. The third-order valence-electron chi connectivity index (χ3n) is 2.47. The number of carbonyl (C=O) groups excluding carboxylic acids is 1. The summed E-state index contributed by atoms with van der Waals surface area (Å²) < 4.78 is 10.1. The molecule has 0 atom stereocenters. The van der Waals surface area contributed by atoms with Gasteiger partial charge in [0.1, 0.15) is 11.3 Å². The maximum absolute atomic E-state index is 11.4. The van der Waals surface area contributed by atoms with Gasteiger partial charge in [0.15, 0.2) is 0 Å². The first-order valence-corrected chi connectivity index (χ1v) is 4.67. The molecule has 0 radical (unpaired) electrons. The van der Waals surface area contributed by atoms with Crippen molar-refractivity contribution in [2.24, 2.45) is 0 Å². The summed E-state index contributed by atoms with van der Waals surface area (Å²) in [4.78, 5) is 11.4. The molecule has 15 heavy (non-hydrogen) atoms. The molecule has 1 heterocycles. The number of esters is 1. The van der Waals surface area contributed by atoms with Crippen molar-refractivity contribution in [3.05, 3.63) is 42.0 Å². The van der Waals surface area contributed by atoms with Crippen LogP contribution >= 0.6 is 0 Å². The summed E-state index contributed by atoms with van der Waals surface area (Å²) in [6.07, 6.45) is 0. The summed E-state index contributed by atoms with van der Waals surface area (Å²) in [5.74, 6) is 0.284. The molecule has 0 amide bonds. The van der Waals surface area contributed by atoms with E-state index < -0.39 is 0 Å². The second-order valence-corrected chi connectivity index (χ2v) is 3.39. The normalized spacial score (nSPS) is 14.3. The van der Waals surface area contributed by atoms with Crippen LogP contribution in [0.4, 0.5) is 0 Å². The molecule has 0 aliphatic carbocycles. The molecule has 2 aromatic rings. The molecule has 2 aromatic carbocycles. The van der Waals surface area contributed by atoms with E-state index in [9.17, 15) is 4.79 Å². The maximum Gasteiger partial charge on any atom is 0.344 e. The van der Waals surface area contributed by atoms with E-state index in [4.69, 9.17) is 9.47 Å². The first kappa shape index (κ1) is 8.29. The third kappa shape index (κ3) is 1.24. The Bertz CT molecular complexity index is 546. The predicted molar refractivity (Wildman–Crippen MR) is 54.9 cm³/mol. The van der Waals surface area contributed by atoms with Gasteiger partial charge in [-0.3, -0.25) is 0 Å². The molecule has 0 spiro atoms. The summed E-state index contributed by atoms with van der Waals surface area (Å²) in [5, 5.41) is 2.07. The Kier molecular flexibility index (Phi) is 1.65. The van der Waals surface area contributed by atoms with Gasteiger partial charge in [-0.25, -0.2) is 4.79 Å². The van der Waals surface area contributed by atoms with E-state index in [1.807, 2.05) is 30.3 Å². The molecule has 1 aliphatic heterocycles. The van der Waals surface area contributed by atoms with Crippen molar-refractivity contribution in [1.29, 1.82) is 0 Å². The largest absolute Gasteiger partial charge is 0.456 e. The number of rotatable bonds is 0. The van der Waals surface area contributed by atoms with Crippen molar-refractivity contribution < 1.29 is 14.3 Å². The third-order valence-corrected chi connectivity index (χ3v) is 2.47. The number of ether oxygens (including phenoxy) is 2. The zero-order valence-electron chi connectivity index (χ0n) is 7.90. The molecule has 0 aromatic heterocycles. The molecule has 0 saturated heterocycles. The second-order valence-electron chi connectivity index (χ2n) is 3.39. The average molecular weight is 200 g/mol. The Hall–Kier alpha value is -2.03. The van der Waals surface area contributed by atoms with E-state index in [1.54, 1.807) is 6.07 Å². The van der Waals surface area contributed by atoms with Crippen molar-refractivity contribution in [2.75, 3.05) is 6.79 Å². The molecule has 3 nitrogen and oxygen atoms in total. The van der Waals surface area contributed by atoms with Crippen molar-refractivity contribution >= 4 is 16.7 Å². The standard InChI is InChI=1S/C12H8O3/c13-12-10-5-8-3-1-2-4-9(8)6-11(10)14-7-15-12/h1-6H,7H2. The van der Waals surface area contributed by atoms with E-state index in [-0.39, 0.29) is 12.8 Å². The SMILES string of the molecule is O=C1OCOc2cc3ccccc3cc21. The zero-order chi connectivity index (χ0) is 10.3. The van der Waals surface area contributed by atoms with E-state index in [0.29, 0.717) is 11.3 Å². The Morgan fingerprint density at radius 2 is 1.73 bits per heavy atom. The number of hydrogen-bond donors (Lipinski definition) is 0. The lowest BCUT2D eigenvalue weighted by molar-refractivity contribution is 0.00502. The summed E-state index contributed by atoms with van der Waals surface area (Å²) >= 11 is 0. The Balaban J connectivity index is 2.32. The fourth-order valence-corrected chi connectivity index (χ4v) is 1.72. The molecule has 0 unspecified atom stereocenters. The van der Waals surface area contributed by atoms with E-state index in [1.165, 1.54) is 0 Å². The molecule has 74 valence electrons. The molecule has 0 bridgehead atoms. The van der Waals surface area contributed by atoms with Crippen molar-refractivity contribution in [3.8, 4) is 5.75 Å². The van der Waals surface area contributed by atoms with Crippen LogP contribution in [0.5, 0.6) is 5.75 Å². The summed E-state index contributed by atoms with van der Waals surface area (Å²) in [5.41, 5.74) is 0.500. The predicted octanol–water partition coefficient (Wildman–Crippen LogP) is 2.35. The van der Waals surface area contributed by atoms with Crippen LogP contribution in [-0.4, -0.2) is 12.8 Å². The topological polar surface area (TPSA) is 35.5 Å². The molecule has 0 saturated carbocycles. The van der Waals surface area contributed by atoms with Crippen molar-refractivity contribution in [3.63, 3.8) is 0 Å². The van der Waals surface area contributed by atoms with Crippen molar-refractivity contribution in [1.82, 2.24) is 0 Å². The van der Waals surface area contributed by atoms with E-state index >= 15 is 0 Å². The van der Waals surface area contributed by atoms with Crippen LogP contribution in [0.1, 0.15) is 10.4 Å². The first-order chi connectivity index (χ1) is 7.34. The highest BCUT2D eigenvalue weighted by Crippen LogP contribution is 2.28. The number of fused-ring (bicyclic) bond motifs is 2. The van der Waals surface area contributed by atoms with Gasteiger partial charge < -0.3 is 9.47 Å². The van der Waals surface area contributed by atoms with Gasteiger partial charge in [-0.2, -0.15) is 0 Å². The van der Waals surface area contributed by atoms with Gasteiger partial charge in [0.25, 0.3) is 0 Å². The smallest absolute Gasteiger partial charge is 0.344 e. The molecule has 1 aliphatic rings. The Morgan fingerprint density at radius 1 is 1.00 bits per heavy atom. The van der Waals surface area contributed by atoms with Gasteiger partial charge in [-0.15, -0.1) is 0 Å². The first-order valence-electron chi connectivity index (χ1n) is 4.67. The molecule has 0 fully saturated rings. The summed E-state index contributed by atoms with van der Waals surface area (Å²) in [6, 6.07) is 11.5. The van der Waals surface area contributed by atoms with Gasteiger partial charge in [-0.05, 0) is 22.9 Å². The van der Waals surface area contributed by atoms with Gasteiger partial charge in [0.05, 0.1) is 0 Å². The fraction of sp³-hybridized carbons (Fsp3) is 0.0833. The average Bonchev–Trinajstić information content (AvgIpc) is 2.27. The van der Waals surface area contributed by atoms with Gasteiger partial charge in [0, 0.05) is 0 Å². The zero-order valence-corrected chi connectivity index (χ0v) is 7.90. The van der Waals surface area contributed by atoms with Crippen LogP contribution in [-0.2, 0) is 4.74 Å². The Labute approximate surface area is 86.2 Å². The van der Waals surface area contributed by atoms with Gasteiger partial charge in [-0.1, -0.05) is 24.3 Å². The molecule has 3 rings (SSSR count). The Morgan fingerprint density at radius 3 is 2.53 bits per heavy atom. The highest BCUT2D eigenvalue weighted by Gasteiger charge is 2.19. The van der Waals surface area contributed by atoms with Gasteiger partial charge >= 0.3 is 5.97 Å². The van der Waals surface area contributed by atoms with Gasteiger partial charge in [0.2, 0.25) is 6.79 Å². The summed E-state index contributed by atoms with van der Waals surface area (Å²) in [6.45, 7) is 0.00414. The molecule has 3 heteroatoms. The van der Waals surface area contributed by atoms with Crippen LogP contribution < -0.4 is 4.74 Å². The lowest BCUT2D eigenvalue weighted by atomic mass is 10.1. The number of hydrogen-bond acceptors (Lipinski definition) is 3. The lowest BCUT2D eigenvalue weighted by Gasteiger charge is -2.17.